The molecule has 2 aromatic rings. The van der Waals surface area contributed by atoms with Gasteiger partial charge in [0.2, 0.25) is 0 Å². The SMILES string of the molecule is Cc1ccc(Oc2cccc(F)c2CNC(C)C)c(Cl)c1. The summed E-state index contributed by atoms with van der Waals surface area (Å²) in [5.74, 6) is 0.719. The van der Waals surface area contributed by atoms with Crippen LogP contribution in [0.4, 0.5) is 4.39 Å². The van der Waals surface area contributed by atoms with Crippen LogP contribution in [-0.2, 0) is 6.54 Å². The van der Waals surface area contributed by atoms with Gasteiger partial charge in [0, 0.05) is 18.2 Å². The molecule has 0 fully saturated rings. The molecule has 0 unspecified atom stereocenters. The minimum absolute atomic E-state index is 0.264. The van der Waals surface area contributed by atoms with E-state index >= 15 is 0 Å². The Kier molecular flexibility index (Phi) is 5.21. The average molecular weight is 308 g/mol. The highest BCUT2D eigenvalue weighted by Gasteiger charge is 2.12. The number of halogens is 2. The topological polar surface area (TPSA) is 21.3 Å². The minimum atomic E-state index is -0.288. The summed E-state index contributed by atoms with van der Waals surface area (Å²) >= 11 is 6.16. The predicted octanol–water partition coefficient (Wildman–Crippen LogP) is 5.08. The molecule has 0 atom stereocenters. The Bertz CT molecular complexity index is 628. The van der Waals surface area contributed by atoms with Crippen molar-refractivity contribution in [1.29, 1.82) is 0 Å². The van der Waals surface area contributed by atoms with E-state index in [1.54, 1.807) is 18.2 Å². The second-order valence-corrected chi connectivity index (χ2v) is 5.70. The van der Waals surface area contributed by atoms with E-state index in [1.807, 2.05) is 32.9 Å². The lowest BCUT2D eigenvalue weighted by atomic mass is 10.1. The van der Waals surface area contributed by atoms with E-state index in [2.05, 4.69) is 5.32 Å². The lowest BCUT2D eigenvalue weighted by molar-refractivity contribution is 0.457. The molecule has 1 N–H and O–H groups in total. The fraction of sp³-hybridized carbons (Fsp3) is 0.294. The molecule has 2 nitrogen and oxygen atoms in total. The Hall–Kier alpha value is -1.58. The summed E-state index contributed by atoms with van der Waals surface area (Å²) in [4.78, 5) is 0. The highest BCUT2D eigenvalue weighted by Crippen LogP contribution is 2.32. The largest absolute Gasteiger partial charge is 0.455 e. The molecule has 0 aliphatic heterocycles. The number of hydrogen-bond donors (Lipinski definition) is 1. The standard InChI is InChI=1S/C17H19ClFNO/c1-11(2)20-10-13-15(19)5-4-6-16(13)21-17-8-7-12(3)9-14(17)18/h4-9,11,20H,10H2,1-3H3. The van der Waals surface area contributed by atoms with Gasteiger partial charge in [-0.05, 0) is 36.8 Å². The summed E-state index contributed by atoms with van der Waals surface area (Å²) in [7, 11) is 0. The van der Waals surface area contributed by atoms with Gasteiger partial charge in [0.1, 0.15) is 17.3 Å². The van der Waals surface area contributed by atoms with E-state index in [-0.39, 0.29) is 11.9 Å². The Balaban J connectivity index is 2.28. The summed E-state index contributed by atoms with van der Waals surface area (Å²) in [6.07, 6.45) is 0. The summed E-state index contributed by atoms with van der Waals surface area (Å²) in [5.41, 5.74) is 1.55. The highest BCUT2D eigenvalue weighted by atomic mass is 35.5. The van der Waals surface area contributed by atoms with Gasteiger partial charge in [-0.3, -0.25) is 0 Å². The average Bonchev–Trinajstić information content (AvgIpc) is 2.41. The molecule has 0 heterocycles. The van der Waals surface area contributed by atoms with Crippen molar-refractivity contribution in [1.82, 2.24) is 5.32 Å². The Morgan fingerprint density at radius 2 is 1.95 bits per heavy atom. The maximum Gasteiger partial charge on any atom is 0.146 e. The first-order chi connectivity index (χ1) is 9.97. The van der Waals surface area contributed by atoms with Crippen molar-refractivity contribution < 1.29 is 9.13 Å². The smallest absolute Gasteiger partial charge is 0.146 e. The van der Waals surface area contributed by atoms with E-state index in [0.29, 0.717) is 28.6 Å². The summed E-state index contributed by atoms with van der Waals surface area (Å²) < 4.78 is 19.8. The van der Waals surface area contributed by atoms with E-state index in [1.165, 1.54) is 6.07 Å². The molecule has 112 valence electrons. The van der Waals surface area contributed by atoms with Crippen molar-refractivity contribution in [2.45, 2.75) is 33.4 Å². The molecule has 0 bridgehead atoms. The van der Waals surface area contributed by atoms with Gasteiger partial charge in [-0.15, -0.1) is 0 Å². The van der Waals surface area contributed by atoms with Crippen LogP contribution in [0.2, 0.25) is 5.02 Å². The molecule has 0 aliphatic rings. The number of hydrogen-bond acceptors (Lipinski definition) is 2. The van der Waals surface area contributed by atoms with Gasteiger partial charge >= 0.3 is 0 Å². The second kappa shape index (κ2) is 6.92. The predicted molar refractivity (Wildman–Crippen MR) is 84.6 cm³/mol. The Morgan fingerprint density at radius 3 is 2.62 bits per heavy atom. The molecule has 0 aliphatic carbocycles. The van der Waals surface area contributed by atoms with Crippen molar-refractivity contribution in [3.8, 4) is 11.5 Å². The molecule has 21 heavy (non-hydrogen) atoms. The fourth-order valence-corrected chi connectivity index (χ4v) is 2.19. The van der Waals surface area contributed by atoms with E-state index < -0.39 is 0 Å². The van der Waals surface area contributed by atoms with Crippen LogP contribution < -0.4 is 10.1 Å². The van der Waals surface area contributed by atoms with Crippen molar-refractivity contribution in [3.63, 3.8) is 0 Å². The number of aryl methyl sites for hydroxylation is 1. The quantitative estimate of drug-likeness (QED) is 0.832. The second-order valence-electron chi connectivity index (χ2n) is 5.29. The zero-order valence-electron chi connectivity index (χ0n) is 12.4. The van der Waals surface area contributed by atoms with E-state index in [0.717, 1.165) is 5.56 Å². The van der Waals surface area contributed by atoms with Gasteiger partial charge in [0.05, 0.1) is 5.02 Å². The van der Waals surface area contributed by atoms with E-state index in [9.17, 15) is 4.39 Å². The monoisotopic (exact) mass is 307 g/mol. The van der Waals surface area contributed by atoms with Crippen LogP contribution in [0.1, 0.15) is 25.0 Å². The van der Waals surface area contributed by atoms with Gasteiger partial charge in [0.25, 0.3) is 0 Å². The van der Waals surface area contributed by atoms with Crippen LogP contribution in [0.3, 0.4) is 0 Å². The number of ether oxygens (including phenoxy) is 1. The molecule has 0 radical (unpaired) electrons. The van der Waals surface area contributed by atoms with Crippen LogP contribution in [0, 0.1) is 12.7 Å². The maximum absolute atomic E-state index is 14.0. The lowest BCUT2D eigenvalue weighted by Gasteiger charge is -2.15. The third kappa shape index (κ3) is 4.19. The van der Waals surface area contributed by atoms with Gasteiger partial charge in [-0.2, -0.15) is 0 Å². The van der Waals surface area contributed by atoms with Gasteiger partial charge in [-0.25, -0.2) is 4.39 Å². The van der Waals surface area contributed by atoms with Gasteiger partial charge in [0.15, 0.2) is 0 Å². The maximum atomic E-state index is 14.0. The summed E-state index contributed by atoms with van der Waals surface area (Å²) in [6.45, 7) is 6.38. The first kappa shape index (κ1) is 15.8. The third-order valence-corrected chi connectivity index (χ3v) is 3.37. The van der Waals surface area contributed by atoms with Crippen molar-refractivity contribution in [3.05, 3.63) is 58.4 Å². The van der Waals surface area contributed by atoms with Crippen LogP contribution in [0.25, 0.3) is 0 Å². The zero-order chi connectivity index (χ0) is 15.4. The van der Waals surface area contributed by atoms with Crippen LogP contribution in [0.5, 0.6) is 11.5 Å². The number of benzene rings is 2. The molecular formula is C17H19ClFNO. The van der Waals surface area contributed by atoms with Crippen molar-refractivity contribution in [2.75, 3.05) is 0 Å². The van der Waals surface area contributed by atoms with Crippen molar-refractivity contribution in [2.24, 2.45) is 0 Å². The van der Waals surface area contributed by atoms with Crippen LogP contribution in [0.15, 0.2) is 36.4 Å². The lowest BCUT2D eigenvalue weighted by Crippen LogP contribution is -2.22. The van der Waals surface area contributed by atoms with Gasteiger partial charge < -0.3 is 10.1 Å². The molecule has 0 aromatic heterocycles. The summed E-state index contributed by atoms with van der Waals surface area (Å²) in [5, 5.41) is 3.72. The summed E-state index contributed by atoms with van der Waals surface area (Å²) in [6, 6.07) is 10.6. The molecule has 0 saturated carbocycles. The zero-order valence-corrected chi connectivity index (χ0v) is 13.2. The van der Waals surface area contributed by atoms with Crippen molar-refractivity contribution >= 4 is 11.6 Å². The number of nitrogens with one attached hydrogen (secondary N) is 1. The first-order valence-electron chi connectivity index (χ1n) is 6.92. The molecule has 0 saturated heterocycles. The highest BCUT2D eigenvalue weighted by molar-refractivity contribution is 6.32. The normalized spacial score (nSPS) is 11.0. The van der Waals surface area contributed by atoms with Crippen LogP contribution >= 0.6 is 11.6 Å². The molecule has 0 spiro atoms. The van der Waals surface area contributed by atoms with Gasteiger partial charge in [-0.1, -0.05) is 37.6 Å². The third-order valence-electron chi connectivity index (χ3n) is 3.07. The Labute approximate surface area is 129 Å². The molecule has 2 rings (SSSR count). The molecular weight excluding hydrogens is 289 g/mol. The fourth-order valence-electron chi connectivity index (χ4n) is 1.92. The van der Waals surface area contributed by atoms with E-state index in [4.69, 9.17) is 16.3 Å². The van der Waals surface area contributed by atoms with Crippen LogP contribution in [-0.4, -0.2) is 6.04 Å². The first-order valence-corrected chi connectivity index (χ1v) is 7.30. The molecule has 4 heteroatoms. The number of rotatable bonds is 5. The Morgan fingerprint density at radius 1 is 1.19 bits per heavy atom. The molecule has 2 aromatic carbocycles. The molecule has 0 amide bonds. The minimum Gasteiger partial charge on any atom is -0.455 e.